The first-order valence-electron chi connectivity index (χ1n) is 12.6. The maximum absolute atomic E-state index is 12.3. The van der Waals surface area contributed by atoms with E-state index < -0.39 is 24.0 Å². The quantitative estimate of drug-likeness (QED) is 0.127. The molecule has 0 saturated carbocycles. The highest BCUT2D eigenvalue weighted by molar-refractivity contribution is 5.97. The van der Waals surface area contributed by atoms with Crippen molar-refractivity contribution in [2.24, 2.45) is 0 Å². The maximum atomic E-state index is 12.3. The molecular weight excluding hydrogens is 524 g/mol. The van der Waals surface area contributed by atoms with Gasteiger partial charge in [0.25, 0.3) is 11.8 Å². The molecule has 0 aromatic heterocycles. The Hall–Kier alpha value is -5.13. The molecule has 3 amide bonds. The average molecular weight is 555 g/mol. The van der Waals surface area contributed by atoms with Crippen molar-refractivity contribution >= 4 is 23.4 Å². The predicted octanol–water partition coefficient (Wildman–Crippen LogP) is 1.81. The van der Waals surface area contributed by atoms with E-state index in [4.69, 9.17) is 9.94 Å². The molecule has 0 radical (unpaired) electrons. The molecule has 0 spiro atoms. The summed E-state index contributed by atoms with van der Waals surface area (Å²) in [6.07, 6.45) is -1.21. The van der Waals surface area contributed by atoms with Gasteiger partial charge >= 0.3 is 0 Å². The van der Waals surface area contributed by atoms with E-state index in [-0.39, 0.29) is 18.0 Å². The minimum absolute atomic E-state index is 0.156. The highest BCUT2D eigenvalue weighted by Crippen LogP contribution is 2.12. The molecule has 2 atom stereocenters. The van der Waals surface area contributed by atoms with Crippen LogP contribution in [0.2, 0.25) is 0 Å². The van der Waals surface area contributed by atoms with E-state index in [2.05, 4.69) is 39.6 Å². The Morgan fingerprint density at radius 1 is 0.927 bits per heavy atom. The van der Waals surface area contributed by atoms with Gasteiger partial charge in [0, 0.05) is 28.9 Å². The first kappa shape index (κ1) is 30.4. The fraction of sp³-hybridized carbons (Fsp3) is 0.194. The van der Waals surface area contributed by atoms with Gasteiger partial charge in [0.1, 0.15) is 11.8 Å². The van der Waals surface area contributed by atoms with Crippen molar-refractivity contribution in [1.82, 2.24) is 16.1 Å². The second-order valence-electron chi connectivity index (χ2n) is 8.83. The van der Waals surface area contributed by atoms with Crippen LogP contribution < -0.4 is 26.2 Å². The van der Waals surface area contributed by atoms with Gasteiger partial charge < -0.3 is 25.8 Å². The molecule has 210 valence electrons. The third-order valence-electron chi connectivity index (χ3n) is 5.70. The lowest BCUT2D eigenvalue weighted by molar-refractivity contribution is -0.133. The molecule has 0 aliphatic heterocycles. The molecule has 3 rings (SSSR count). The van der Waals surface area contributed by atoms with Gasteiger partial charge in [0.2, 0.25) is 5.91 Å². The first-order valence-corrected chi connectivity index (χ1v) is 12.6. The minimum atomic E-state index is -1.31. The van der Waals surface area contributed by atoms with Gasteiger partial charge in [-0.2, -0.15) is 0 Å². The third-order valence-corrected chi connectivity index (χ3v) is 5.70. The van der Waals surface area contributed by atoms with Crippen molar-refractivity contribution in [3.05, 3.63) is 95.1 Å². The molecule has 3 aromatic carbocycles. The molecule has 0 aliphatic rings. The van der Waals surface area contributed by atoms with Gasteiger partial charge in [-0.15, -0.1) is 0 Å². The van der Waals surface area contributed by atoms with Crippen LogP contribution in [-0.4, -0.2) is 53.8 Å². The number of benzene rings is 3. The van der Waals surface area contributed by atoms with Gasteiger partial charge in [-0.05, 0) is 85.0 Å². The summed E-state index contributed by atoms with van der Waals surface area (Å²) in [6.45, 7) is 2.01. The van der Waals surface area contributed by atoms with Crippen LogP contribution >= 0.6 is 0 Å². The van der Waals surface area contributed by atoms with Gasteiger partial charge in [-0.25, -0.2) is 5.48 Å². The van der Waals surface area contributed by atoms with E-state index in [9.17, 15) is 19.5 Å². The molecular formula is C31H30N4O6. The summed E-state index contributed by atoms with van der Waals surface area (Å²) in [5.41, 5.74) is 4.66. The van der Waals surface area contributed by atoms with E-state index >= 15 is 0 Å². The smallest absolute Gasteiger partial charge is 0.268 e. The number of aliphatic hydroxyl groups is 1. The topological polar surface area (TPSA) is 149 Å². The van der Waals surface area contributed by atoms with Crippen LogP contribution in [0.5, 0.6) is 5.75 Å². The lowest BCUT2D eigenvalue weighted by atomic mass is 10.1. The van der Waals surface area contributed by atoms with E-state index in [1.165, 1.54) is 24.5 Å². The van der Waals surface area contributed by atoms with Gasteiger partial charge in [0.05, 0.1) is 19.8 Å². The summed E-state index contributed by atoms with van der Waals surface area (Å²) >= 11 is 0. The van der Waals surface area contributed by atoms with Crippen LogP contribution in [0.25, 0.3) is 0 Å². The van der Waals surface area contributed by atoms with E-state index in [0.29, 0.717) is 17.8 Å². The molecule has 0 bridgehead atoms. The summed E-state index contributed by atoms with van der Waals surface area (Å²) in [4.78, 5) is 36.2. The Morgan fingerprint density at radius 3 is 2.15 bits per heavy atom. The fourth-order valence-electron chi connectivity index (χ4n) is 3.56. The molecule has 0 saturated heterocycles. The Kier molecular flexibility index (Phi) is 11.5. The number of hydrogen-bond donors (Lipinski definition) is 6. The largest absolute Gasteiger partial charge is 0.497 e. The second kappa shape index (κ2) is 15.5. The number of rotatable bonds is 10. The zero-order chi connectivity index (χ0) is 29.6. The monoisotopic (exact) mass is 554 g/mol. The number of carbonyl (C=O) groups is 3. The Bertz CT molecular complexity index is 1480. The van der Waals surface area contributed by atoms with Crippen LogP contribution in [0, 0.1) is 23.7 Å². The zero-order valence-corrected chi connectivity index (χ0v) is 22.5. The molecule has 0 heterocycles. The summed E-state index contributed by atoms with van der Waals surface area (Å²) in [6, 6.07) is 19.7. The minimum Gasteiger partial charge on any atom is -0.497 e. The van der Waals surface area contributed by atoms with Crippen LogP contribution in [0.15, 0.2) is 72.8 Å². The van der Waals surface area contributed by atoms with E-state index in [1.807, 2.05) is 24.3 Å². The van der Waals surface area contributed by atoms with Crippen LogP contribution in [-0.2, 0) is 16.1 Å². The van der Waals surface area contributed by atoms with Crippen molar-refractivity contribution < 1.29 is 29.4 Å². The van der Waals surface area contributed by atoms with Crippen molar-refractivity contribution in [3.8, 4) is 29.4 Å². The number of ether oxygens (including phenoxy) is 1. The third kappa shape index (κ3) is 9.84. The van der Waals surface area contributed by atoms with Crippen LogP contribution in [0.3, 0.4) is 0 Å². The highest BCUT2D eigenvalue weighted by Gasteiger charge is 2.25. The molecule has 3 aromatic rings. The van der Waals surface area contributed by atoms with Crippen molar-refractivity contribution in [1.29, 1.82) is 0 Å². The number of carbonyl (C=O) groups excluding carboxylic acids is 3. The highest BCUT2D eigenvalue weighted by atomic mass is 16.5. The van der Waals surface area contributed by atoms with Gasteiger partial charge in [-0.3, -0.25) is 19.6 Å². The summed E-state index contributed by atoms with van der Waals surface area (Å²) in [7, 11) is 1.61. The summed E-state index contributed by atoms with van der Waals surface area (Å²) in [5.74, 6) is 10.4. The van der Waals surface area contributed by atoms with Gasteiger partial charge in [-0.1, -0.05) is 24.0 Å². The molecule has 0 unspecified atom stereocenters. The number of amides is 3. The van der Waals surface area contributed by atoms with Crippen LogP contribution in [0.1, 0.15) is 34.0 Å². The van der Waals surface area contributed by atoms with E-state index in [1.54, 1.807) is 43.5 Å². The Morgan fingerprint density at radius 2 is 1.56 bits per heavy atom. The molecule has 6 N–H and O–H groups in total. The SMILES string of the molecule is COc1cccc(CNCC(=O)Nc2ccc(C#CC#Cc3ccc(C(=O)N[C@H](C(=O)NO)[C@@H](C)O)cc3)cc2)c1. The number of hydrogen-bond acceptors (Lipinski definition) is 7. The summed E-state index contributed by atoms with van der Waals surface area (Å²) < 4.78 is 5.20. The number of hydroxylamine groups is 1. The fourth-order valence-corrected chi connectivity index (χ4v) is 3.56. The summed E-state index contributed by atoms with van der Waals surface area (Å²) in [5, 5.41) is 26.7. The second-order valence-corrected chi connectivity index (χ2v) is 8.83. The molecule has 10 nitrogen and oxygen atoms in total. The lowest BCUT2D eigenvalue weighted by Gasteiger charge is -2.19. The maximum Gasteiger partial charge on any atom is 0.268 e. The number of anilines is 1. The zero-order valence-electron chi connectivity index (χ0n) is 22.5. The molecule has 10 heteroatoms. The molecule has 0 fully saturated rings. The number of methoxy groups -OCH3 is 1. The van der Waals surface area contributed by atoms with E-state index in [0.717, 1.165) is 16.9 Å². The normalized spacial score (nSPS) is 11.4. The Balaban J connectivity index is 1.47. The van der Waals surface area contributed by atoms with Crippen molar-refractivity contribution in [3.63, 3.8) is 0 Å². The van der Waals surface area contributed by atoms with Crippen molar-refractivity contribution in [2.45, 2.75) is 25.6 Å². The van der Waals surface area contributed by atoms with Crippen molar-refractivity contribution in [2.75, 3.05) is 19.0 Å². The predicted molar refractivity (Wildman–Crippen MR) is 153 cm³/mol. The Labute approximate surface area is 238 Å². The average Bonchev–Trinajstić information content (AvgIpc) is 2.98. The lowest BCUT2D eigenvalue weighted by Crippen LogP contribution is -2.51. The van der Waals surface area contributed by atoms with Gasteiger partial charge in [0.15, 0.2) is 0 Å². The molecule has 41 heavy (non-hydrogen) atoms. The number of aliphatic hydroxyl groups excluding tert-OH is 1. The standard InChI is InChI=1S/C31H30N4O6/c1-21(36)29(31(39)35-40)34-30(38)25-14-10-22(11-15-25)6-3-4-7-23-12-16-26(17-13-23)33-28(37)20-32-19-24-8-5-9-27(18-24)41-2/h5,8-18,21,29,32,36,40H,19-20H2,1-2H3,(H,33,37)(H,34,38)(H,35,39)/t21-,29+/m1/s1. The number of nitrogens with one attached hydrogen (secondary N) is 4. The molecule has 0 aliphatic carbocycles. The van der Waals surface area contributed by atoms with Crippen LogP contribution in [0.4, 0.5) is 5.69 Å². The first-order chi connectivity index (χ1) is 19.8.